The first-order valence-electron chi connectivity index (χ1n) is 5.69. The summed E-state index contributed by atoms with van der Waals surface area (Å²) in [6.07, 6.45) is 5.21. The van der Waals surface area contributed by atoms with Gasteiger partial charge in [0.15, 0.2) is 0 Å². The minimum absolute atomic E-state index is 0.0652. The van der Waals surface area contributed by atoms with Crippen LogP contribution < -0.4 is 0 Å². The number of carbonyl (C=O) groups is 1. The fraction of sp³-hybridized carbons (Fsp3) is 0.143. The maximum Gasteiger partial charge on any atom is 0.205 e. The van der Waals surface area contributed by atoms with Crippen LogP contribution in [0.25, 0.3) is 10.9 Å². The van der Waals surface area contributed by atoms with Gasteiger partial charge < -0.3 is 4.98 Å². The van der Waals surface area contributed by atoms with E-state index in [1.165, 1.54) is 10.4 Å². The average Bonchev–Trinajstić information content (AvgIpc) is 2.93. The zero-order chi connectivity index (χ0) is 12.7. The van der Waals surface area contributed by atoms with E-state index in [1.54, 1.807) is 29.9 Å². The van der Waals surface area contributed by atoms with Crippen LogP contribution >= 0.6 is 11.3 Å². The van der Waals surface area contributed by atoms with Crippen LogP contribution in [0, 0.1) is 13.8 Å². The third-order valence-electron chi connectivity index (χ3n) is 3.12. The van der Waals surface area contributed by atoms with Crippen LogP contribution in [0.15, 0.2) is 30.7 Å². The second kappa shape index (κ2) is 4.07. The Morgan fingerprint density at radius 2 is 2.22 bits per heavy atom. The molecule has 0 aliphatic rings. The largest absolute Gasteiger partial charge is 0.360 e. The molecule has 0 radical (unpaired) electrons. The highest BCUT2D eigenvalue weighted by molar-refractivity contribution is 7.14. The standard InChI is InChI=1S/C14H12N2OS/c1-8-5-13(18-9(8)2)14(17)11-7-16-12-3-4-15-6-10(11)12/h3-7,16H,1-2H3. The Morgan fingerprint density at radius 3 is 2.94 bits per heavy atom. The van der Waals surface area contributed by atoms with Crippen LogP contribution in [0.5, 0.6) is 0 Å². The molecular weight excluding hydrogens is 244 g/mol. The van der Waals surface area contributed by atoms with Crippen molar-refractivity contribution >= 4 is 28.0 Å². The number of hydrogen-bond acceptors (Lipinski definition) is 3. The lowest BCUT2D eigenvalue weighted by atomic mass is 10.1. The zero-order valence-corrected chi connectivity index (χ0v) is 11.0. The fourth-order valence-corrected chi connectivity index (χ4v) is 2.96. The van der Waals surface area contributed by atoms with Gasteiger partial charge in [-0.15, -0.1) is 11.3 Å². The van der Waals surface area contributed by atoms with Gasteiger partial charge in [-0.3, -0.25) is 9.78 Å². The normalized spacial score (nSPS) is 11.0. The lowest BCUT2D eigenvalue weighted by Gasteiger charge is -1.95. The molecule has 0 spiro atoms. The number of pyridine rings is 1. The van der Waals surface area contributed by atoms with Crippen LogP contribution in [0.3, 0.4) is 0 Å². The summed E-state index contributed by atoms with van der Waals surface area (Å²) >= 11 is 1.55. The van der Waals surface area contributed by atoms with E-state index in [0.717, 1.165) is 15.8 Å². The molecule has 0 saturated heterocycles. The van der Waals surface area contributed by atoms with Crippen molar-refractivity contribution in [2.45, 2.75) is 13.8 Å². The molecule has 0 unspecified atom stereocenters. The summed E-state index contributed by atoms with van der Waals surface area (Å²) in [6, 6.07) is 3.83. The van der Waals surface area contributed by atoms with E-state index in [9.17, 15) is 4.79 Å². The number of H-pyrrole nitrogens is 1. The van der Waals surface area contributed by atoms with Crippen LogP contribution in [0.1, 0.15) is 25.7 Å². The SMILES string of the molecule is Cc1cc(C(=O)c2c[nH]c3ccncc23)sc1C. The van der Waals surface area contributed by atoms with Crippen LogP contribution in [-0.2, 0) is 0 Å². The number of rotatable bonds is 2. The van der Waals surface area contributed by atoms with Crippen molar-refractivity contribution in [3.8, 4) is 0 Å². The molecule has 0 atom stereocenters. The monoisotopic (exact) mass is 256 g/mol. The van der Waals surface area contributed by atoms with Gasteiger partial charge in [-0.1, -0.05) is 0 Å². The maximum absolute atomic E-state index is 12.4. The summed E-state index contributed by atoms with van der Waals surface area (Å²) in [6.45, 7) is 4.06. The van der Waals surface area contributed by atoms with Crippen LogP contribution in [0.4, 0.5) is 0 Å². The van der Waals surface area contributed by atoms with Gasteiger partial charge >= 0.3 is 0 Å². The van der Waals surface area contributed by atoms with Gasteiger partial charge in [0.25, 0.3) is 0 Å². The number of aryl methyl sites for hydroxylation is 2. The second-order valence-electron chi connectivity index (χ2n) is 4.30. The lowest BCUT2D eigenvalue weighted by molar-refractivity contribution is 0.104. The van der Waals surface area contributed by atoms with Gasteiger partial charge in [0, 0.05) is 34.4 Å². The fourth-order valence-electron chi connectivity index (χ4n) is 1.97. The molecule has 3 nitrogen and oxygen atoms in total. The van der Waals surface area contributed by atoms with Crippen molar-refractivity contribution in [1.29, 1.82) is 0 Å². The molecule has 18 heavy (non-hydrogen) atoms. The van der Waals surface area contributed by atoms with Crippen molar-refractivity contribution in [3.05, 3.63) is 51.6 Å². The van der Waals surface area contributed by atoms with Crippen molar-refractivity contribution in [3.63, 3.8) is 0 Å². The highest BCUT2D eigenvalue weighted by Gasteiger charge is 2.16. The molecule has 3 aromatic heterocycles. The molecule has 0 aromatic carbocycles. The number of carbonyl (C=O) groups excluding carboxylic acids is 1. The molecule has 0 aliphatic carbocycles. The first-order valence-corrected chi connectivity index (χ1v) is 6.51. The minimum atomic E-state index is 0.0652. The van der Waals surface area contributed by atoms with Gasteiger partial charge in [0.05, 0.1) is 10.4 Å². The molecule has 90 valence electrons. The zero-order valence-electron chi connectivity index (χ0n) is 10.2. The first kappa shape index (κ1) is 11.2. The molecule has 0 amide bonds. The van der Waals surface area contributed by atoms with E-state index in [0.29, 0.717) is 5.56 Å². The highest BCUT2D eigenvalue weighted by atomic mass is 32.1. The Hall–Kier alpha value is -1.94. The van der Waals surface area contributed by atoms with Crippen molar-refractivity contribution in [2.75, 3.05) is 0 Å². The number of fused-ring (bicyclic) bond motifs is 1. The quantitative estimate of drug-likeness (QED) is 0.713. The molecule has 0 aliphatic heterocycles. The van der Waals surface area contributed by atoms with Crippen molar-refractivity contribution < 1.29 is 4.79 Å². The lowest BCUT2D eigenvalue weighted by Crippen LogP contribution is -1.97. The predicted octanol–water partition coefficient (Wildman–Crippen LogP) is 3.47. The topological polar surface area (TPSA) is 45.8 Å². The number of nitrogens with zero attached hydrogens (tertiary/aromatic N) is 1. The molecule has 1 N–H and O–H groups in total. The van der Waals surface area contributed by atoms with Gasteiger partial charge in [-0.25, -0.2) is 0 Å². The second-order valence-corrected chi connectivity index (χ2v) is 5.56. The number of aromatic nitrogens is 2. The van der Waals surface area contributed by atoms with E-state index < -0.39 is 0 Å². The molecular formula is C14H12N2OS. The third-order valence-corrected chi connectivity index (χ3v) is 4.27. The van der Waals surface area contributed by atoms with Gasteiger partial charge in [-0.2, -0.15) is 0 Å². The minimum Gasteiger partial charge on any atom is -0.360 e. The van der Waals surface area contributed by atoms with Crippen LogP contribution in [-0.4, -0.2) is 15.8 Å². The maximum atomic E-state index is 12.4. The Balaban J connectivity index is 2.12. The van der Waals surface area contributed by atoms with Crippen molar-refractivity contribution in [2.24, 2.45) is 0 Å². The first-order chi connectivity index (χ1) is 8.66. The Kier molecular flexibility index (Phi) is 2.52. The summed E-state index contributed by atoms with van der Waals surface area (Å²) in [7, 11) is 0. The van der Waals surface area contributed by atoms with Gasteiger partial charge in [0.1, 0.15) is 0 Å². The summed E-state index contributed by atoms with van der Waals surface area (Å²) in [5.41, 5.74) is 2.80. The van der Waals surface area contributed by atoms with E-state index in [1.807, 2.05) is 26.0 Å². The third kappa shape index (κ3) is 1.66. The van der Waals surface area contributed by atoms with E-state index >= 15 is 0 Å². The van der Waals surface area contributed by atoms with Crippen LogP contribution in [0.2, 0.25) is 0 Å². The molecule has 3 heterocycles. The Labute approximate surface area is 108 Å². The summed E-state index contributed by atoms with van der Waals surface area (Å²) in [5, 5.41) is 0.881. The van der Waals surface area contributed by atoms with E-state index in [4.69, 9.17) is 0 Å². The molecule has 0 saturated carbocycles. The summed E-state index contributed by atoms with van der Waals surface area (Å²) < 4.78 is 0. The molecule has 3 aromatic rings. The summed E-state index contributed by atoms with van der Waals surface area (Å²) in [4.78, 5) is 21.6. The Morgan fingerprint density at radius 1 is 1.39 bits per heavy atom. The molecule has 0 fully saturated rings. The number of hydrogen-bond donors (Lipinski definition) is 1. The number of thiophene rings is 1. The van der Waals surface area contributed by atoms with Crippen molar-refractivity contribution in [1.82, 2.24) is 9.97 Å². The molecule has 4 heteroatoms. The van der Waals surface area contributed by atoms with Gasteiger partial charge in [0.2, 0.25) is 5.78 Å². The smallest absolute Gasteiger partial charge is 0.205 e. The number of aromatic amines is 1. The predicted molar refractivity (Wildman–Crippen MR) is 73.3 cm³/mol. The molecule has 0 bridgehead atoms. The highest BCUT2D eigenvalue weighted by Crippen LogP contribution is 2.26. The molecule has 3 rings (SSSR count). The van der Waals surface area contributed by atoms with E-state index in [2.05, 4.69) is 9.97 Å². The van der Waals surface area contributed by atoms with E-state index in [-0.39, 0.29) is 5.78 Å². The Bertz CT molecular complexity index is 720. The number of ketones is 1. The van der Waals surface area contributed by atoms with Gasteiger partial charge in [-0.05, 0) is 31.5 Å². The average molecular weight is 256 g/mol. The summed E-state index contributed by atoms with van der Waals surface area (Å²) in [5.74, 6) is 0.0652. The number of nitrogens with one attached hydrogen (secondary N) is 1.